The number of unbranched alkanes of at least 4 members (excludes halogenated alkanes) is 5. The minimum absolute atomic E-state index is 0.128. The highest BCUT2D eigenvalue weighted by Crippen LogP contribution is 2.25. The van der Waals surface area contributed by atoms with E-state index in [0.29, 0.717) is 17.7 Å². The second-order valence-electron chi connectivity index (χ2n) is 5.22. The fraction of sp³-hybridized carbons (Fsp3) is 0.500. The van der Waals surface area contributed by atoms with Crippen LogP contribution in [0.15, 0.2) is 18.2 Å². The SMILES string of the molecule is CCCCCCCCN1C(=O)c2ccc(I)cc2C1=O. The van der Waals surface area contributed by atoms with E-state index in [2.05, 4.69) is 29.5 Å². The fourth-order valence-corrected chi connectivity index (χ4v) is 3.01. The third-order valence-electron chi connectivity index (χ3n) is 3.67. The van der Waals surface area contributed by atoms with Gasteiger partial charge in [-0.3, -0.25) is 14.5 Å². The lowest BCUT2D eigenvalue weighted by atomic mass is 10.1. The summed E-state index contributed by atoms with van der Waals surface area (Å²) < 4.78 is 0.990. The lowest BCUT2D eigenvalue weighted by Crippen LogP contribution is -2.30. The van der Waals surface area contributed by atoms with Crippen LogP contribution in [0.3, 0.4) is 0 Å². The number of halogens is 1. The molecule has 4 heteroatoms. The molecule has 0 radical (unpaired) electrons. The van der Waals surface area contributed by atoms with Crippen molar-refractivity contribution in [3.8, 4) is 0 Å². The highest BCUT2D eigenvalue weighted by Gasteiger charge is 2.34. The van der Waals surface area contributed by atoms with Crippen LogP contribution < -0.4 is 0 Å². The summed E-state index contributed by atoms with van der Waals surface area (Å²) in [7, 11) is 0. The van der Waals surface area contributed by atoms with Crippen LogP contribution in [0.2, 0.25) is 0 Å². The topological polar surface area (TPSA) is 37.4 Å². The maximum atomic E-state index is 12.2. The van der Waals surface area contributed by atoms with Crippen LogP contribution in [0.5, 0.6) is 0 Å². The minimum atomic E-state index is -0.130. The molecule has 0 aliphatic carbocycles. The van der Waals surface area contributed by atoms with Gasteiger partial charge in [-0.1, -0.05) is 39.0 Å². The van der Waals surface area contributed by atoms with Crippen molar-refractivity contribution in [2.45, 2.75) is 45.4 Å². The monoisotopic (exact) mass is 385 g/mol. The van der Waals surface area contributed by atoms with Crippen molar-refractivity contribution in [2.75, 3.05) is 6.54 Å². The zero-order valence-electron chi connectivity index (χ0n) is 11.8. The van der Waals surface area contributed by atoms with Crippen molar-refractivity contribution in [1.29, 1.82) is 0 Å². The number of imide groups is 1. The van der Waals surface area contributed by atoms with E-state index in [0.717, 1.165) is 16.4 Å². The van der Waals surface area contributed by atoms with Gasteiger partial charge in [0.25, 0.3) is 11.8 Å². The summed E-state index contributed by atoms with van der Waals surface area (Å²) in [4.78, 5) is 25.8. The summed E-state index contributed by atoms with van der Waals surface area (Å²) in [6.07, 6.45) is 6.94. The van der Waals surface area contributed by atoms with Crippen LogP contribution in [0.4, 0.5) is 0 Å². The molecule has 0 fully saturated rings. The molecule has 1 aliphatic rings. The molecule has 1 aromatic rings. The van der Waals surface area contributed by atoms with E-state index in [1.165, 1.54) is 30.6 Å². The Hall–Kier alpha value is -0.910. The van der Waals surface area contributed by atoms with Crippen LogP contribution in [-0.2, 0) is 0 Å². The average Bonchev–Trinajstić information content (AvgIpc) is 2.67. The van der Waals surface area contributed by atoms with E-state index in [9.17, 15) is 9.59 Å². The zero-order chi connectivity index (χ0) is 14.5. The molecule has 1 aliphatic heterocycles. The third kappa shape index (κ3) is 3.40. The molecule has 20 heavy (non-hydrogen) atoms. The molecule has 1 aromatic carbocycles. The quantitative estimate of drug-likeness (QED) is 0.400. The van der Waals surface area contributed by atoms with Gasteiger partial charge in [-0.05, 0) is 47.2 Å². The van der Waals surface area contributed by atoms with E-state index < -0.39 is 0 Å². The number of fused-ring (bicyclic) bond motifs is 1. The van der Waals surface area contributed by atoms with Gasteiger partial charge < -0.3 is 0 Å². The summed E-state index contributed by atoms with van der Waals surface area (Å²) >= 11 is 2.16. The lowest BCUT2D eigenvalue weighted by molar-refractivity contribution is 0.0651. The molecule has 0 bridgehead atoms. The summed E-state index contributed by atoms with van der Waals surface area (Å²) in [6.45, 7) is 2.75. The number of carbonyl (C=O) groups is 2. The van der Waals surface area contributed by atoms with Crippen molar-refractivity contribution in [3.05, 3.63) is 32.9 Å². The molecule has 0 N–H and O–H groups in total. The first-order valence-corrected chi connectivity index (χ1v) is 8.38. The molecule has 0 spiro atoms. The molecule has 108 valence electrons. The predicted octanol–water partition coefficient (Wildman–Crippen LogP) is 4.25. The van der Waals surface area contributed by atoms with E-state index >= 15 is 0 Å². The maximum absolute atomic E-state index is 12.2. The number of carbonyl (C=O) groups excluding carboxylic acids is 2. The van der Waals surface area contributed by atoms with Crippen molar-refractivity contribution in [2.24, 2.45) is 0 Å². The first-order valence-electron chi connectivity index (χ1n) is 7.31. The summed E-state index contributed by atoms with van der Waals surface area (Å²) in [5.41, 5.74) is 1.12. The lowest BCUT2D eigenvalue weighted by Gasteiger charge is -2.13. The van der Waals surface area contributed by atoms with Gasteiger partial charge in [-0.2, -0.15) is 0 Å². The highest BCUT2D eigenvalue weighted by molar-refractivity contribution is 14.1. The molecule has 0 atom stereocenters. The van der Waals surface area contributed by atoms with Gasteiger partial charge in [-0.25, -0.2) is 0 Å². The van der Waals surface area contributed by atoms with E-state index in [-0.39, 0.29) is 11.8 Å². The second-order valence-corrected chi connectivity index (χ2v) is 6.47. The minimum Gasteiger partial charge on any atom is -0.274 e. The second kappa shape index (κ2) is 7.20. The smallest absolute Gasteiger partial charge is 0.261 e. The van der Waals surface area contributed by atoms with Gasteiger partial charge in [0.2, 0.25) is 0 Å². The standard InChI is InChI=1S/C16H20INO2/c1-2-3-4-5-6-7-10-18-15(19)13-9-8-12(17)11-14(13)16(18)20/h8-9,11H,2-7,10H2,1H3. The molecule has 2 rings (SSSR count). The number of hydrogen-bond donors (Lipinski definition) is 0. The third-order valence-corrected chi connectivity index (χ3v) is 4.34. The average molecular weight is 385 g/mol. The molecule has 0 saturated carbocycles. The van der Waals surface area contributed by atoms with Crippen LogP contribution in [0.25, 0.3) is 0 Å². The highest BCUT2D eigenvalue weighted by atomic mass is 127. The number of benzene rings is 1. The molecular weight excluding hydrogens is 365 g/mol. The van der Waals surface area contributed by atoms with Crippen LogP contribution in [0, 0.1) is 3.57 Å². The Morgan fingerprint density at radius 1 is 0.950 bits per heavy atom. The predicted molar refractivity (Wildman–Crippen MR) is 87.9 cm³/mol. The molecule has 2 amide bonds. The summed E-state index contributed by atoms with van der Waals surface area (Å²) in [5.74, 6) is -0.257. The molecular formula is C16H20INO2. The molecule has 1 heterocycles. The maximum Gasteiger partial charge on any atom is 0.261 e. The van der Waals surface area contributed by atoms with Crippen molar-refractivity contribution in [1.82, 2.24) is 4.90 Å². The first kappa shape index (κ1) is 15.5. The van der Waals surface area contributed by atoms with E-state index in [1.807, 2.05) is 6.07 Å². The Morgan fingerprint density at radius 3 is 2.35 bits per heavy atom. The van der Waals surface area contributed by atoms with Crippen LogP contribution in [-0.4, -0.2) is 23.3 Å². The summed E-state index contributed by atoms with van der Waals surface area (Å²) in [5, 5.41) is 0. The Kier molecular flexibility index (Phi) is 5.57. The van der Waals surface area contributed by atoms with Crippen molar-refractivity contribution in [3.63, 3.8) is 0 Å². The zero-order valence-corrected chi connectivity index (χ0v) is 14.0. The van der Waals surface area contributed by atoms with Crippen molar-refractivity contribution >= 4 is 34.4 Å². The summed E-state index contributed by atoms with van der Waals surface area (Å²) in [6, 6.07) is 5.44. The van der Waals surface area contributed by atoms with Gasteiger partial charge in [0, 0.05) is 10.1 Å². The van der Waals surface area contributed by atoms with Gasteiger partial charge in [-0.15, -0.1) is 0 Å². The van der Waals surface area contributed by atoms with E-state index in [4.69, 9.17) is 0 Å². The largest absolute Gasteiger partial charge is 0.274 e. The Morgan fingerprint density at radius 2 is 1.60 bits per heavy atom. The first-order chi connectivity index (χ1) is 9.65. The van der Waals surface area contributed by atoms with Crippen molar-refractivity contribution < 1.29 is 9.59 Å². The van der Waals surface area contributed by atoms with Gasteiger partial charge in [0.05, 0.1) is 11.1 Å². The number of nitrogens with zero attached hydrogens (tertiary/aromatic N) is 1. The van der Waals surface area contributed by atoms with Crippen LogP contribution in [0.1, 0.15) is 66.2 Å². The molecule has 3 nitrogen and oxygen atoms in total. The Labute approximate surface area is 133 Å². The fourth-order valence-electron chi connectivity index (χ4n) is 2.52. The Bertz CT molecular complexity index is 513. The van der Waals surface area contributed by atoms with Gasteiger partial charge in [0.1, 0.15) is 0 Å². The molecule has 0 unspecified atom stereocenters. The molecule has 0 saturated heterocycles. The van der Waals surface area contributed by atoms with Gasteiger partial charge >= 0.3 is 0 Å². The normalized spacial score (nSPS) is 14.0. The number of rotatable bonds is 7. The Balaban J connectivity index is 1.89. The number of hydrogen-bond acceptors (Lipinski definition) is 2. The molecule has 0 aromatic heterocycles. The van der Waals surface area contributed by atoms with E-state index in [1.54, 1.807) is 12.1 Å². The number of amides is 2. The van der Waals surface area contributed by atoms with Crippen LogP contribution >= 0.6 is 22.6 Å². The van der Waals surface area contributed by atoms with Gasteiger partial charge in [0.15, 0.2) is 0 Å².